The fourth-order valence-corrected chi connectivity index (χ4v) is 4.20. The van der Waals surface area contributed by atoms with Crippen LogP contribution in [0.25, 0.3) is 0 Å². The Hall–Kier alpha value is -1.88. The van der Waals surface area contributed by atoms with Crippen molar-refractivity contribution < 1.29 is 14.3 Å². The first-order valence-corrected chi connectivity index (χ1v) is 8.99. The molecule has 2 fully saturated rings. The molecule has 0 radical (unpaired) electrons. The number of likely N-dealkylation sites (tertiary alicyclic amines) is 1. The molecule has 5 heteroatoms. The Morgan fingerprint density at radius 3 is 2.60 bits per heavy atom. The molecule has 2 heterocycles. The Morgan fingerprint density at radius 1 is 1.32 bits per heavy atom. The smallest absolute Gasteiger partial charge is 0.411 e. The zero-order valence-electron chi connectivity index (χ0n) is 15.6. The van der Waals surface area contributed by atoms with Gasteiger partial charge in [-0.2, -0.15) is 0 Å². The molecule has 136 valence electrons. The minimum atomic E-state index is -0.537. The molecule has 0 aromatic heterocycles. The number of piperazine rings is 1. The van der Waals surface area contributed by atoms with Gasteiger partial charge in [0, 0.05) is 13.1 Å². The Balaban J connectivity index is 1.83. The lowest BCUT2D eigenvalue weighted by molar-refractivity contribution is -0.119. The highest BCUT2D eigenvalue weighted by Gasteiger charge is 2.55. The normalized spacial score (nSPS) is 29.5. The van der Waals surface area contributed by atoms with Crippen molar-refractivity contribution in [2.75, 3.05) is 6.54 Å². The fourth-order valence-electron chi connectivity index (χ4n) is 4.20. The van der Waals surface area contributed by atoms with Gasteiger partial charge in [0.1, 0.15) is 11.9 Å². The van der Waals surface area contributed by atoms with Crippen LogP contribution >= 0.6 is 0 Å². The highest BCUT2D eigenvalue weighted by molar-refractivity contribution is 5.73. The first-order valence-electron chi connectivity index (χ1n) is 8.99. The minimum Gasteiger partial charge on any atom is -0.444 e. The molecule has 3 atom stereocenters. The monoisotopic (exact) mass is 344 g/mol. The lowest BCUT2D eigenvalue weighted by Crippen LogP contribution is -2.66. The molecule has 0 unspecified atom stereocenters. The quantitative estimate of drug-likeness (QED) is 0.790. The van der Waals surface area contributed by atoms with Crippen LogP contribution in [-0.4, -0.2) is 51.9 Å². The number of fused-ring (bicyclic) bond motifs is 2. The summed E-state index contributed by atoms with van der Waals surface area (Å²) in [5.74, 6) is 0. The number of nitrogens with zero attached hydrogens (tertiary/aromatic N) is 2. The maximum absolute atomic E-state index is 12.8. The predicted molar refractivity (Wildman–Crippen MR) is 96.2 cm³/mol. The summed E-state index contributed by atoms with van der Waals surface area (Å²) in [7, 11) is 0. The van der Waals surface area contributed by atoms with Crippen molar-refractivity contribution in [1.82, 2.24) is 9.80 Å². The van der Waals surface area contributed by atoms with Crippen LogP contribution in [0.15, 0.2) is 30.3 Å². The number of carbonyl (C=O) groups excluding carboxylic acids is 2. The highest BCUT2D eigenvalue weighted by atomic mass is 16.6. The first-order chi connectivity index (χ1) is 11.7. The Kier molecular flexibility index (Phi) is 4.62. The Bertz CT molecular complexity index is 640. The molecule has 1 aromatic carbocycles. The van der Waals surface area contributed by atoms with Crippen molar-refractivity contribution in [2.24, 2.45) is 0 Å². The molecular weight excluding hydrogens is 316 g/mol. The number of aldehydes is 1. The summed E-state index contributed by atoms with van der Waals surface area (Å²) in [6.07, 6.45) is 2.43. The second-order valence-electron chi connectivity index (χ2n) is 8.47. The average Bonchev–Trinajstić information content (AvgIpc) is 2.77. The predicted octanol–water partition coefficient (Wildman–Crippen LogP) is 3.23. The molecule has 0 aliphatic carbocycles. The van der Waals surface area contributed by atoms with E-state index >= 15 is 0 Å². The number of amides is 1. The zero-order chi connectivity index (χ0) is 18.2. The second-order valence-corrected chi connectivity index (χ2v) is 8.47. The topological polar surface area (TPSA) is 49.9 Å². The maximum Gasteiger partial charge on any atom is 0.411 e. The largest absolute Gasteiger partial charge is 0.444 e. The van der Waals surface area contributed by atoms with Gasteiger partial charge in [-0.05, 0) is 46.1 Å². The van der Waals surface area contributed by atoms with E-state index in [0.717, 1.165) is 25.7 Å². The van der Waals surface area contributed by atoms with Gasteiger partial charge in [-0.1, -0.05) is 30.3 Å². The first kappa shape index (κ1) is 17.9. The highest BCUT2D eigenvalue weighted by Crippen LogP contribution is 2.42. The molecule has 3 rings (SSSR count). The summed E-state index contributed by atoms with van der Waals surface area (Å²) < 4.78 is 5.62. The van der Waals surface area contributed by atoms with E-state index in [4.69, 9.17) is 4.74 Å². The zero-order valence-corrected chi connectivity index (χ0v) is 15.6. The molecule has 0 spiro atoms. The maximum atomic E-state index is 12.8. The molecule has 1 aromatic rings. The SMILES string of the molecule is CC(C)(C)OC(=O)N1[C@H]2CC[C@]1(C)CN(Cc1ccccc1)[C@@H]2C=O. The van der Waals surface area contributed by atoms with Crippen molar-refractivity contribution >= 4 is 12.4 Å². The molecule has 2 bridgehead atoms. The number of rotatable bonds is 3. The third-order valence-electron chi connectivity index (χ3n) is 5.21. The fraction of sp³-hybridized carbons (Fsp3) is 0.600. The molecule has 0 N–H and O–H groups in total. The molecule has 2 aliphatic rings. The number of carbonyl (C=O) groups is 2. The molecule has 1 amide bonds. The van der Waals surface area contributed by atoms with Gasteiger partial charge in [-0.25, -0.2) is 4.79 Å². The van der Waals surface area contributed by atoms with Crippen LogP contribution in [0.4, 0.5) is 4.79 Å². The lowest BCUT2D eigenvalue weighted by Gasteiger charge is -2.50. The number of hydrogen-bond donors (Lipinski definition) is 0. The van der Waals surface area contributed by atoms with Crippen LogP contribution in [0.2, 0.25) is 0 Å². The molecule has 0 saturated carbocycles. The van der Waals surface area contributed by atoms with E-state index in [1.807, 2.05) is 43.9 Å². The summed E-state index contributed by atoms with van der Waals surface area (Å²) in [5, 5.41) is 0. The molecule has 2 saturated heterocycles. The minimum absolute atomic E-state index is 0.116. The van der Waals surface area contributed by atoms with Crippen molar-refractivity contribution in [3.05, 3.63) is 35.9 Å². The van der Waals surface area contributed by atoms with Gasteiger partial charge in [0.25, 0.3) is 0 Å². The van der Waals surface area contributed by atoms with Crippen LogP contribution in [0.5, 0.6) is 0 Å². The van der Waals surface area contributed by atoms with Gasteiger partial charge >= 0.3 is 6.09 Å². The average molecular weight is 344 g/mol. The Labute approximate surface area is 149 Å². The number of benzene rings is 1. The third kappa shape index (κ3) is 3.56. The van der Waals surface area contributed by atoms with Crippen molar-refractivity contribution in [3.63, 3.8) is 0 Å². The van der Waals surface area contributed by atoms with Gasteiger partial charge in [0.2, 0.25) is 0 Å². The standard InChI is InChI=1S/C20H28N2O3/c1-19(2,3)25-18(24)22-16-10-11-20(22,4)14-21(17(16)13-23)12-15-8-6-5-7-9-15/h5-9,13,16-17H,10-12,14H2,1-4H3/t16-,17+,20+/m0/s1. The summed E-state index contributed by atoms with van der Waals surface area (Å²) in [4.78, 5) is 28.7. The van der Waals surface area contributed by atoms with E-state index in [1.165, 1.54) is 5.56 Å². The van der Waals surface area contributed by atoms with E-state index in [1.54, 1.807) is 0 Å². The van der Waals surface area contributed by atoms with Crippen LogP contribution in [0.1, 0.15) is 46.1 Å². The van der Waals surface area contributed by atoms with Gasteiger partial charge in [0.05, 0.1) is 17.6 Å². The summed E-state index contributed by atoms with van der Waals surface area (Å²) in [6, 6.07) is 9.76. The van der Waals surface area contributed by atoms with E-state index < -0.39 is 5.60 Å². The third-order valence-corrected chi connectivity index (χ3v) is 5.21. The van der Waals surface area contributed by atoms with Crippen LogP contribution in [0.3, 0.4) is 0 Å². The van der Waals surface area contributed by atoms with Gasteiger partial charge in [0.15, 0.2) is 0 Å². The second kappa shape index (κ2) is 6.45. The van der Waals surface area contributed by atoms with E-state index in [2.05, 4.69) is 24.0 Å². The van der Waals surface area contributed by atoms with E-state index in [-0.39, 0.29) is 23.7 Å². The van der Waals surface area contributed by atoms with Gasteiger partial charge in [-0.15, -0.1) is 0 Å². The molecular formula is C20H28N2O3. The van der Waals surface area contributed by atoms with E-state index in [9.17, 15) is 9.59 Å². The molecule has 25 heavy (non-hydrogen) atoms. The van der Waals surface area contributed by atoms with E-state index in [0.29, 0.717) is 6.54 Å². The Morgan fingerprint density at radius 2 is 2.00 bits per heavy atom. The summed E-state index contributed by atoms with van der Waals surface area (Å²) in [5.41, 5.74) is 0.356. The van der Waals surface area contributed by atoms with Crippen molar-refractivity contribution in [3.8, 4) is 0 Å². The number of ether oxygens (including phenoxy) is 1. The summed E-state index contributed by atoms with van der Waals surface area (Å²) >= 11 is 0. The lowest BCUT2D eigenvalue weighted by atomic mass is 9.95. The van der Waals surface area contributed by atoms with Crippen LogP contribution in [-0.2, 0) is 16.1 Å². The summed E-state index contributed by atoms with van der Waals surface area (Å²) in [6.45, 7) is 9.13. The molecule has 5 nitrogen and oxygen atoms in total. The van der Waals surface area contributed by atoms with Crippen molar-refractivity contribution in [1.29, 1.82) is 0 Å². The van der Waals surface area contributed by atoms with Crippen molar-refractivity contribution in [2.45, 2.75) is 70.3 Å². The van der Waals surface area contributed by atoms with Crippen LogP contribution in [0, 0.1) is 0 Å². The van der Waals surface area contributed by atoms with Gasteiger partial charge < -0.3 is 9.53 Å². The van der Waals surface area contributed by atoms with Gasteiger partial charge in [-0.3, -0.25) is 9.80 Å². The van der Waals surface area contributed by atoms with Crippen LogP contribution < -0.4 is 0 Å². The molecule has 2 aliphatic heterocycles. The number of hydrogen-bond acceptors (Lipinski definition) is 4.